The number of aromatic amines is 1. The molecule has 1 fully saturated rings. The number of H-pyrrole nitrogens is 1. The summed E-state index contributed by atoms with van der Waals surface area (Å²) in [6, 6.07) is 5.94. The van der Waals surface area contributed by atoms with Gasteiger partial charge in [-0.15, -0.1) is 0 Å². The van der Waals surface area contributed by atoms with E-state index in [-0.39, 0.29) is 11.7 Å². The summed E-state index contributed by atoms with van der Waals surface area (Å²) < 4.78 is 1.78. The zero-order valence-corrected chi connectivity index (χ0v) is 11.3. The van der Waals surface area contributed by atoms with Crippen molar-refractivity contribution in [3.63, 3.8) is 0 Å². The van der Waals surface area contributed by atoms with Gasteiger partial charge >= 0.3 is 11.8 Å². The molecule has 1 saturated heterocycles. The second-order valence-electron chi connectivity index (χ2n) is 5.32. The number of carboxylic acid groups (broad SMARTS) is 1. The fraction of sp³-hybridized carbons (Fsp3) is 0.429. The number of likely N-dealkylation sites (tertiary alicyclic amines) is 1. The summed E-state index contributed by atoms with van der Waals surface area (Å²) >= 11 is 0. The Morgan fingerprint density at radius 2 is 2.05 bits per heavy atom. The van der Waals surface area contributed by atoms with Crippen molar-refractivity contribution in [1.82, 2.24) is 14.5 Å². The molecule has 2 heterocycles. The highest BCUT2D eigenvalue weighted by atomic mass is 16.4. The lowest BCUT2D eigenvalue weighted by molar-refractivity contribution is 0.125. The first-order valence-electron chi connectivity index (χ1n) is 6.75. The zero-order chi connectivity index (χ0) is 14.3. The molecule has 1 aromatic heterocycles. The maximum atomic E-state index is 12.1. The number of hydrogen-bond donors (Lipinski definition) is 2. The zero-order valence-electron chi connectivity index (χ0n) is 11.3. The molecule has 2 N–H and O–H groups in total. The summed E-state index contributed by atoms with van der Waals surface area (Å²) in [7, 11) is 0. The molecule has 3 rings (SSSR count). The number of benzene rings is 1. The predicted octanol–water partition coefficient (Wildman–Crippen LogP) is 1.95. The molecule has 6 nitrogen and oxygen atoms in total. The molecule has 0 aliphatic carbocycles. The molecule has 20 heavy (non-hydrogen) atoms. The van der Waals surface area contributed by atoms with Crippen LogP contribution in [0.3, 0.4) is 0 Å². The quantitative estimate of drug-likeness (QED) is 0.835. The number of nitrogens with zero attached hydrogens (tertiary/aromatic N) is 2. The molecule has 106 valence electrons. The third kappa shape index (κ3) is 2.07. The Morgan fingerprint density at radius 1 is 1.35 bits per heavy atom. The highest BCUT2D eigenvalue weighted by molar-refractivity contribution is 5.76. The lowest BCUT2D eigenvalue weighted by Gasteiger charge is -2.30. The van der Waals surface area contributed by atoms with Crippen molar-refractivity contribution < 1.29 is 9.90 Å². The number of rotatable bonds is 1. The Balaban J connectivity index is 1.95. The molecule has 0 spiro atoms. The van der Waals surface area contributed by atoms with Crippen molar-refractivity contribution in [1.29, 1.82) is 0 Å². The van der Waals surface area contributed by atoms with Crippen molar-refractivity contribution >= 4 is 17.1 Å². The average molecular weight is 275 g/mol. The van der Waals surface area contributed by atoms with Crippen LogP contribution < -0.4 is 5.69 Å². The number of hydrogen-bond acceptors (Lipinski definition) is 2. The first kappa shape index (κ1) is 12.8. The number of aryl methyl sites for hydroxylation is 1. The molecule has 0 atom stereocenters. The normalized spacial score (nSPS) is 16.8. The number of carbonyl (C=O) groups is 1. The van der Waals surface area contributed by atoms with Crippen LogP contribution in [-0.4, -0.2) is 38.7 Å². The van der Waals surface area contributed by atoms with E-state index in [1.165, 1.54) is 4.90 Å². The van der Waals surface area contributed by atoms with Gasteiger partial charge in [-0.2, -0.15) is 0 Å². The van der Waals surface area contributed by atoms with Crippen LogP contribution in [0.15, 0.2) is 23.0 Å². The molecular weight excluding hydrogens is 258 g/mol. The summed E-state index contributed by atoms with van der Waals surface area (Å²) in [4.78, 5) is 27.3. The standard InChI is InChI=1S/C14H17N3O3/c1-9-2-3-11-12(8-9)17(13(18)15-11)10-4-6-16(7-5-10)14(19)20/h2-3,8,10H,4-7H2,1H3,(H,15,18)(H,19,20). The van der Waals surface area contributed by atoms with Crippen LogP contribution in [0.1, 0.15) is 24.4 Å². The summed E-state index contributed by atoms with van der Waals surface area (Å²) in [5.74, 6) is 0. The van der Waals surface area contributed by atoms with E-state index < -0.39 is 6.09 Å². The summed E-state index contributed by atoms with van der Waals surface area (Å²) in [5, 5.41) is 8.97. The van der Waals surface area contributed by atoms with Gasteiger partial charge in [-0.1, -0.05) is 6.07 Å². The summed E-state index contributed by atoms with van der Waals surface area (Å²) in [6.07, 6.45) is 0.464. The van der Waals surface area contributed by atoms with Crippen LogP contribution in [-0.2, 0) is 0 Å². The van der Waals surface area contributed by atoms with Crippen molar-refractivity contribution in [2.75, 3.05) is 13.1 Å². The molecule has 2 aromatic rings. The van der Waals surface area contributed by atoms with Crippen LogP contribution in [0.4, 0.5) is 4.79 Å². The van der Waals surface area contributed by atoms with Gasteiger partial charge in [0.2, 0.25) is 0 Å². The second kappa shape index (κ2) is 4.70. The van der Waals surface area contributed by atoms with Gasteiger partial charge in [0.1, 0.15) is 0 Å². The van der Waals surface area contributed by atoms with Gasteiger partial charge in [0.15, 0.2) is 0 Å². The van der Waals surface area contributed by atoms with E-state index in [2.05, 4.69) is 4.98 Å². The van der Waals surface area contributed by atoms with Gasteiger partial charge in [0, 0.05) is 19.1 Å². The van der Waals surface area contributed by atoms with Crippen LogP contribution in [0.25, 0.3) is 11.0 Å². The van der Waals surface area contributed by atoms with E-state index in [4.69, 9.17) is 5.11 Å². The number of nitrogens with one attached hydrogen (secondary N) is 1. The molecule has 1 aliphatic rings. The van der Waals surface area contributed by atoms with Crippen LogP contribution in [0.5, 0.6) is 0 Å². The number of fused-ring (bicyclic) bond motifs is 1. The molecule has 1 aromatic carbocycles. The lowest BCUT2D eigenvalue weighted by Crippen LogP contribution is -2.39. The van der Waals surface area contributed by atoms with Gasteiger partial charge in [0.05, 0.1) is 11.0 Å². The fourth-order valence-corrected chi connectivity index (χ4v) is 2.91. The van der Waals surface area contributed by atoms with Gasteiger partial charge in [-0.25, -0.2) is 9.59 Å². The third-order valence-electron chi connectivity index (χ3n) is 3.97. The number of aromatic nitrogens is 2. The first-order chi connectivity index (χ1) is 9.56. The van der Waals surface area contributed by atoms with E-state index in [9.17, 15) is 9.59 Å². The van der Waals surface area contributed by atoms with Gasteiger partial charge in [0.25, 0.3) is 0 Å². The highest BCUT2D eigenvalue weighted by Crippen LogP contribution is 2.25. The van der Waals surface area contributed by atoms with E-state index in [0.717, 1.165) is 16.6 Å². The summed E-state index contributed by atoms with van der Waals surface area (Å²) in [6.45, 7) is 2.95. The van der Waals surface area contributed by atoms with E-state index in [1.54, 1.807) is 4.57 Å². The molecule has 1 amide bonds. The smallest absolute Gasteiger partial charge is 0.407 e. The average Bonchev–Trinajstić information content (AvgIpc) is 2.74. The summed E-state index contributed by atoms with van der Waals surface area (Å²) in [5.41, 5.74) is 2.73. The molecule has 1 aliphatic heterocycles. The largest absolute Gasteiger partial charge is 0.465 e. The molecule has 0 unspecified atom stereocenters. The number of imidazole rings is 1. The van der Waals surface area contributed by atoms with Crippen molar-refractivity contribution in [3.05, 3.63) is 34.2 Å². The number of amides is 1. The molecule has 0 saturated carbocycles. The topological polar surface area (TPSA) is 78.3 Å². The Hall–Kier alpha value is -2.24. The van der Waals surface area contributed by atoms with Crippen LogP contribution in [0, 0.1) is 6.92 Å². The monoisotopic (exact) mass is 275 g/mol. The molecule has 6 heteroatoms. The van der Waals surface area contributed by atoms with E-state index in [1.807, 2.05) is 25.1 Å². The Kier molecular flexibility index (Phi) is 3.00. The van der Waals surface area contributed by atoms with E-state index in [0.29, 0.717) is 25.9 Å². The maximum Gasteiger partial charge on any atom is 0.407 e. The predicted molar refractivity (Wildman–Crippen MR) is 75.2 cm³/mol. The Morgan fingerprint density at radius 3 is 2.70 bits per heavy atom. The Labute approximate surface area is 115 Å². The maximum absolute atomic E-state index is 12.1. The molecule has 0 bridgehead atoms. The highest BCUT2D eigenvalue weighted by Gasteiger charge is 2.25. The second-order valence-corrected chi connectivity index (χ2v) is 5.32. The van der Waals surface area contributed by atoms with Gasteiger partial charge < -0.3 is 15.0 Å². The van der Waals surface area contributed by atoms with Crippen LogP contribution in [0.2, 0.25) is 0 Å². The van der Waals surface area contributed by atoms with Crippen molar-refractivity contribution in [2.45, 2.75) is 25.8 Å². The lowest BCUT2D eigenvalue weighted by atomic mass is 10.0. The molecular formula is C14H17N3O3. The minimum atomic E-state index is -0.884. The first-order valence-corrected chi connectivity index (χ1v) is 6.75. The molecule has 0 radical (unpaired) electrons. The van der Waals surface area contributed by atoms with Crippen LogP contribution >= 0.6 is 0 Å². The van der Waals surface area contributed by atoms with Gasteiger partial charge in [-0.3, -0.25) is 4.57 Å². The van der Waals surface area contributed by atoms with Crippen molar-refractivity contribution in [3.8, 4) is 0 Å². The minimum Gasteiger partial charge on any atom is -0.465 e. The third-order valence-corrected chi connectivity index (χ3v) is 3.97. The SMILES string of the molecule is Cc1ccc2[nH]c(=O)n(C3CCN(C(=O)O)CC3)c2c1. The minimum absolute atomic E-state index is 0.0636. The fourth-order valence-electron chi connectivity index (χ4n) is 2.91. The number of piperidine rings is 1. The van der Waals surface area contributed by atoms with E-state index >= 15 is 0 Å². The van der Waals surface area contributed by atoms with Gasteiger partial charge in [-0.05, 0) is 37.5 Å². The Bertz CT molecular complexity index is 708. The van der Waals surface area contributed by atoms with Crippen molar-refractivity contribution in [2.24, 2.45) is 0 Å².